The zero-order valence-corrected chi connectivity index (χ0v) is 19.5. The number of hydrogen-bond acceptors (Lipinski definition) is 6. The van der Waals surface area contributed by atoms with E-state index < -0.39 is 17.4 Å². The van der Waals surface area contributed by atoms with E-state index in [-0.39, 0.29) is 29.9 Å². The van der Waals surface area contributed by atoms with Gasteiger partial charge in [-0.2, -0.15) is 5.10 Å². The zero-order chi connectivity index (χ0) is 23.8. The Kier molecular flexibility index (Phi) is 6.14. The number of fused-ring (bicyclic) bond motifs is 1. The van der Waals surface area contributed by atoms with E-state index in [2.05, 4.69) is 17.3 Å². The standard InChI is InChI=1S/C24H30N4O5/c1-15-8-10-16(11-9-15)25-23(31)24(2)14-27-20(13-19(26-27)22(30)33-4)21(29)28(24)17-6-5-7-18(12-17)32-3/h5-7,12-13,15-16H,8-11,14H2,1-4H3,(H,25,31)/t15?,16?,24-/m0/s1. The number of ether oxygens (including phenoxy) is 2. The molecular weight excluding hydrogens is 424 g/mol. The van der Waals surface area contributed by atoms with E-state index in [9.17, 15) is 14.4 Å². The van der Waals surface area contributed by atoms with E-state index >= 15 is 0 Å². The first-order valence-corrected chi connectivity index (χ1v) is 11.2. The molecule has 4 rings (SSSR count). The average Bonchev–Trinajstić information content (AvgIpc) is 3.24. The van der Waals surface area contributed by atoms with Crippen molar-refractivity contribution >= 4 is 23.5 Å². The van der Waals surface area contributed by atoms with Gasteiger partial charge in [0.25, 0.3) is 5.91 Å². The molecule has 2 heterocycles. The number of anilines is 1. The molecule has 1 aromatic heterocycles. The highest BCUT2D eigenvalue weighted by atomic mass is 16.5. The molecule has 1 saturated carbocycles. The minimum absolute atomic E-state index is 0.0253. The maximum atomic E-state index is 13.7. The van der Waals surface area contributed by atoms with Gasteiger partial charge in [-0.1, -0.05) is 13.0 Å². The molecule has 0 radical (unpaired) electrons. The maximum absolute atomic E-state index is 13.7. The highest BCUT2D eigenvalue weighted by molar-refractivity contribution is 6.12. The van der Waals surface area contributed by atoms with Crippen molar-refractivity contribution in [1.29, 1.82) is 0 Å². The predicted molar refractivity (Wildman–Crippen MR) is 121 cm³/mol. The van der Waals surface area contributed by atoms with E-state index in [1.165, 1.54) is 22.8 Å². The van der Waals surface area contributed by atoms with Gasteiger partial charge in [-0.3, -0.25) is 19.2 Å². The Morgan fingerprint density at radius 1 is 1.15 bits per heavy atom. The van der Waals surface area contributed by atoms with Crippen molar-refractivity contribution in [3.8, 4) is 5.75 Å². The summed E-state index contributed by atoms with van der Waals surface area (Å²) < 4.78 is 11.5. The summed E-state index contributed by atoms with van der Waals surface area (Å²) in [5.74, 6) is -0.0912. The lowest BCUT2D eigenvalue weighted by molar-refractivity contribution is -0.127. The number of amides is 2. The van der Waals surface area contributed by atoms with Crippen LogP contribution < -0.4 is 15.0 Å². The molecule has 1 aliphatic carbocycles. The van der Waals surface area contributed by atoms with Gasteiger partial charge >= 0.3 is 5.97 Å². The third-order valence-corrected chi connectivity index (χ3v) is 6.70. The van der Waals surface area contributed by atoms with Gasteiger partial charge in [-0.15, -0.1) is 0 Å². The van der Waals surface area contributed by atoms with E-state index in [4.69, 9.17) is 9.47 Å². The van der Waals surface area contributed by atoms with Gasteiger partial charge in [-0.25, -0.2) is 4.79 Å². The number of benzene rings is 1. The first kappa shape index (κ1) is 22.8. The molecule has 1 fully saturated rings. The molecule has 1 aromatic carbocycles. The summed E-state index contributed by atoms with van der Waals surface area (Å²) in [5.41, 5.74) is -0.493. The second kappa shape index (κ2) is 8.88. The Labute approximate surface area is 193 Å². The Morgan fingerprint density at radius 2 is 1.88 bits per heavy atom. The van der Waals surface area contributed by atoms with Crippen LogP contribution in [0.5, 0.6) is 5.75 Å². The lowest BCUT2D eigenvalue weighted by Crippen LogP contribution is -2.65. The van der Waals surface area contributed by atoms with E-state index in [1.807, 2.05) is 0 Å². The molecule has 2 aromatic rings. The van der Waals surface area contributed by atoms with Crippen molar-refractivity contribution < 1.29 is 23.9 Å². The number of aromatic nitrogens is 2. The fourth-order valence-electron chi connectivity index (χ4n) is 4.69. The number of hydrogen-bond donors (Lipinski definition) is 1. The Bertz CT molecular complexity index is 1070. The number of rotatable bonds is 5. The minimum atomic E-state index is -1.26. The van der Waals surface area contributed by atoms with Gasteiger partial charge < -0.3 is 14.8 Å². The summed E-state index contributed by atoms with van der Waals surface area (Å²) in [5, 5.41) is 7.43. The molecule has 0 saturated heterocycles. The molecule has 1 N–H and O–H groups in total. The largest absolute Gasteiger partial charge is 0.497 e. The van der Waals surface area contributed by atoms with Gasteiger partial charge in [0.05, 0.1) is 20.8 Å². The van der Waals surface area contributed by atoms with Crippen LogP contribution in [0.25, 0.3) is 0 Å². The van der Waals surface area contributed by atoms with Crippen molar-refractivity contribution in [3.63, 3.8) is 0 Å². The van der Waals surface area contributed by atoms with Crippen molar-refractivity contribution in [2.45, 2.75) is 57.7 Å². The third kappa shape index (κ3) is 4.19. The molecule has 1 aliphatic heterocycles. The van der Waals surface area contributed by atoms with Gasteiger partial charge in [-0.05, 0) is 50.7 Å². The molecular formula is C24H30N4O5. The van der Waals surface area contributed by atoms with E-state index in [1.54, 1.807) is 38.3 Å². The first-order valence-electron chi connectivity index (χ1n) is 11.2. The summed E-state index contributed by atoms with van der Waals surface area (Å²) >= 11 is 0. The summed E-state index contributed by atoms with van der Waals surface area (Å²) in [6, 6.07) is 8.51. The third-order valence-electron chi connectivity index (χ3n) is 6.70. The van der Waals surface area contributed by atoms with Crippen molar-refractivity contribution in [3.05, 3.63) is 41.7 Å². The summed E-state index contributed by atoms with van der Waals surface area (Å²) in [7, 11) is 2.80. The number of carbonyl (C=O) groups is 3. The number of nitrogens with zero attached hydrogens (tertiary/aromatic N) is 3. The highest BCUT2D eigenvalue weighted by Gasteiger charge is 2.49. The predicted octanol–water partition coefficient (Wildman–Crippen LogP) is 2.79. The fraction of sp³-hybridized carbons (Fsp3) is 0.500. The Hall–Kier alpha value is -3.36. The smallest absolute Gasteiger partial charge is 0.358 e. The summed E-state index contributed by atoms with van der Waals surface area (Å²) in [6.45, 7) is 4.05. The molecule has 9 heteroatoms. The quantitative estimate of drug-likeness (QED) is 0.697. The first-order chi connectivity index (χ1) is 15.8. The van der Waals surface area contributed by atoms with Crippen molar-refractivity contribution in [2.75, 3.05) is 19.1 Å². The second-order valence-corrected chi connectivity index (χ2v) is 9.11. The Morgan fingerprint density at radius 3 is 2.55 bits per heavy atom. The van der Waals surface area contributed by atoms with E-state index in [0.717, 1.165) is 25.7 Å². The van der Waals surface area contributed by atoms with Crippen LogP contribution in [0.15, 0.2) is 30.3 Å². The van der Waals surface area contributed by atoms with Crippen LogP contribution in [-0.2, 0) is 16.1 Å². The van der Waals surface area contributed by atoms with Crippen LogP contribution in [0.2, 0.25) is 0 Å². The fourth-order valence-corrected chi connectivity index (χ4v) is 4.69. The maximum Gasteiger partial charge on any atom is 0.358 e. The lowest BCUT2D eigenvalue weighted by atomic mass is 9.86. The normalized spacial score (nSPS) is 24.7. The van der Waals surface area contributed by atoms with E-state index in [0.29, 0.717) is 17.4 Å². The summed E-state index contributed by atoms with van der Waals surface area (Å²) in [6.07, 6.45) is 3.95. The number of esters is 1. The second-order valence-electron chi connectivity index (χ2n) is 9.11. The average molecular weight is 455 g/mol. The topological polar surface area (TPSA) is 103 Å². The van der Waals surface area contributed by atoms with Crippen molar-refractivity contribution in [2.24, 2.45) is 5.92 Å². The molecule has 1 atom stereocenters. The van der Waals surface area contributed by atoms with Crippen LogP contribution in [-0.4, -0.2) is 53.4 Å². The molecule has 33 heavy (non-hydrogen) atoms. The molecule has 0 bridgehead atoms. The monoisotopic (exact) mass is 454 g/mol. The van der Waals surface area contributed by atoms with Gasteiger partial charge in [0.1, 0.15) is 17.0 Å². The molecule has 2 amide bonds. The summed E-state index contributed by atoms with van der Waals surface area (Å²) in [4.78, 5) is 40.9. The molecule has 0 spiro atoms. The zero-order valence-electron chi connectivity index (χ0n) is 19.5. The Balaban J connectivity index is 1.74. The van der Waals surface area contributed by atoms with Crippen LogP contribution in [0.3, 0.4) is 0 Å². The van der Waals surface area contributed by atoms with Crippen LogP contribution in [0.1, 0.15) is 60.5 Å². The van der Waals surface area contributed by atoms with Gasteiger partial charge in [0.15, 0.2) is 5.69 Å². The lowest BCUT2D eigenvalue weighted by Gasteiger charge is -2.44. The van der Waals surface area contributed by atoms with Gasteiger partial charge in [0.2, 0.25) is 5.91 Å². The van der Waals surface area contributed by atoms with Gasteiger partial charge in [0, 0.05) is 23.9 Å². The van der Waals surface area contributed by atoms with Crippen LogP contribution >= 0.6 is 0 Å². The minimum Gasteiger partial charge on any atom is -0.497 e. The molecule has 2 aliphatic rings. The molecule has 0 unspecified atom stereocenters. The molecule has 176 valence electrons. The number of carbonyl (C=O) groups excluding carboxylic acids is 3. The SMILES string of the molecule is COC(=O)c1cc2n(n1)C[C@@](C)(C(=O)NC1CCC(C)CC1)N(c1cccc(OC)c1)C2=O. The van der Waals surface area contributed by atoms with Crippen molar-refractivity contribution in [1.82, 2.24) is 15.1 Å². The number of methoxy groups -OCH3 is 2. The number of nitrogens with one attached hydrogen (secondary N) is 1. The molecule has 9 nitrogen and oxygen atoms in total. The van der Waals surface area contributed by atoms with Crippen LogP contribution in [0, 0.1) is 5.92 Å². The highest BCUT2D eigenvalue weighted by Crippen LogP contribution is 2.35. The van der Waals surface area contributed by atoms with Crippen LogP contribution in [0.4, 0.5) is 5.69 Å².